The first-order chi connectivity index (χ1) is 9.46. The summed E-state index contributed by atoms with van der Waals surface area (Å²) in [5.74, 6) is 1.55. The van der Waals surface area contributed by atoms with Gasteiger partial charge in [0.15, 0.2) is 5.82 Å². The Morgan fingerprint density at radius 1 is 1.40 bits per heavy atom. The lowest BCUT2D eigenvalue weighted by atomic mass is 9.87. The third-order valence-corrected chi connectivity index (χ3v) is 4.04. The van der Waals surface area contributed by atoms with Crippen LogP contribution in [0.2, 0.25) is 0 Å². The normalized spacial score (nSPS) is 16.9. The summed E-state index contributed by atoms with van der Waals surface area (Å²) in [5, 5.41) is 20.4. The standard InChI is InChI=1S/C15H23N5/c1-5-15(6-2)14(17)20(12(16)10(3)4)13-11(19-15)8-7-9-18-13/h7-10,16-17,19H,5-6H2,1-4H3. The minimum atomic E-state index is -0.419. The monoisotopic (exact) mass is 273 g/mol. The fourth-order valence-electron chi connectivity index (χ4n) is 2.56. The molecule has 0 aliphatic carbocycles. The molecule has 0 saturated carbocycles. The van der Waals surface area contributed by atoms with E-state index in [1.807, 2.05) is 26.0 Å². The number of fused-ring (bicyclic) bond motifs is 1. The highest BCUT2D eigenvalue weighted by Crippen LogP contribution is 2.37. The maximum absolute atomic E-state index is 8.59. The first-order valence-electron chi connectivity index (χ1n) is 7.17. The molecule has 0 amide bonds. The number of pyridine rings is 1. The third-order valence-electron chi connectivity index (χ3n) is 4.04. The lowest BCUT2D eigenvalue weighted by molar-refractivity contribution is 0.555. The molecule has 20 heavy (non-hydrogen) atoms. The van der Waals surface area contributed by atoms with Gasteiger partial charge in [0.2, 0.25) is 0 Å². The molecule has 0 aromatic carbocycles. The third kappa shape index (κ3) is 2.07. The van der Waals surface area contributed by atoms with Gasteiger partial charge in [0.05, 0.1) is 11.2 Å². The van der Waals surface area contributed by atoms with Crippen LogP contribution in [0.5, 0.6) is 0 Å². The van der Waals surface area contributed by atoms with Crippen molar-refractivity contribution < 1.29 is 0 Å². The van der Waals surface area contributed by atoms with Gasteiger partial charge in [-0.05, 0) is 25.0 Å². The average Bonchev–Trinajstić information content (AvgIpc) is 2.46. The van der Waals surface area contributed by atoms with Gasteiger partial charge in [-0.15, -0.1) is 0 Å². The second-order valence-corrected chi connectivity index (χ2v) is 5.51. The highest BCUT2D eigenvalue weighted by Gasteiger charge is 2.42. The number of hydrogen-bond acceptors (Lipinski definition) is 4. The quantitative estimate of drug-likeness (QED) is 0.583. The van der Waals surface area contributed by atoms with Gasteiger partial charge in [-0.3, -0.25) is 15.7 Å². The molecule has 3 N–H and O–H groups in total. The molecule has 5 nitrogen and oxygen atoms in total. The number of amidine groups is 2. The molecule has 2 rings (SSSR count). The van der Waals surface area contributed by atoms with Crippen molar-refractivity contribution in [2.45, 2.75) is 46.1 Å². The maximum atomic E-state index is 8.59. The number of nitrogens with zero attached hydrogens (tertiary/aromatic N) is 2. The Hall–Kier alpha value is -1.91. The van der Waals surface area contributed by atoms with E-state index in [1.54, 1.807) is 11.1 Å². The molecular weight excluding hydrogens is 250 g/mol. The highest BCUT2D eigenvalue weighted by atomic mass is 15.3. The van der Waals surface area contributed by atoms with E-state index in [2.05, 4.69) is 24.1 Å². The number of hydrogen-bond donors (Lipinski definition) is 3. The van der Waals surface area contributed by atoms with Crippen LogP contribution in [0.3, 0.4) is 0 Å². The largest absolute Gasteiger partial charge is 0.370 e. The van der Waals surface area contributed by atoms with Crippen LogP contribution in [-0.4, -0.2) is 22.2 Å². The van der Waals surface area contributed by atoms with Gasteiger partial charge in [-0.25, -0.2) is 4.98 Å². The van der Waals surface area contributed by atoms with Crippen molar-refractivity contribution in [2.75, 3.05) is 10.2 Å². The lowest BCUT2D eigenvalue weighted by Crippen LogP contribution is -2.59. The van der Waals surface area contributed by atoms with Gasteiger partial charge in [-0.2, -0.15) is 0 Å². The molecule has 0 atom stereocenters. The second-order valence-electron chi connectivity index (χ2n) is 5.51. The summed E-state index contributed by atoms with van der Waals surface area (Å²) in [6.45, 7) is 8.09. The Bertz CT molecular complexity index is 531. The molecule has 1 aliphatic heterocycles. The van der Waals surface area contributed by atoms with E-state index in [-0.39, 0.29) is 5.92 Å². The maximum Gasteiger partial charge on any atom is 0.163 e. The number of nitrogens with one attached hydrogen (secondary N) is 3. The fourth-order valence-corrected chi connectivity index (χ4v) is 2.56. The Kier molecular flexibility index (Phi) is 3.79. The molecule has 0 radical (unpaired) electrons. The van der Waals surface area contributed by atoms with E-state index >= 15 is 0 Å². The zero-order chi connectivity index (χ0) is 14.9. The predicted octanol–water partition coefficient (Wildman–Crippen LogP) is 3.48. The van der Waals surface area contributed by atoms with E-state index < -0.39 is 5.54 Å². The zero-order valence-corrected chi connectivity index (χ0v) is 12.6. The average molecular weight is 273 g/mol. The minimum absolute atomic E-state index is 0.0507. The Labute approximate surface area is 120 Å². The summed E-state index contributed by atoms with van der Waals surface area (Å²) in [5.41, 5.74) is 0.481. The number of anilines is 2. The summed E-state index contributed by atoms with van der Waals surface area (Å²) in [6.07, 6.45) is 3.32. The zero-order valence-electron chi connectivity index (χ0n) is 12.6. The summed E-state index contributed by atoms with van der Waals surface area (Å²) >= 11 is 0. The van der Waals surface area contributed by atoms with Crippen molar-refractivity contribution in [1.82, 2.24) is 4.98 Å². The first kappa shape index (κ1) is 14.5. The van der Waals surface area contributed by atoms with Crippen LogP contribution >= 0.6 is 0 Å². The molecule has 1 aliphatic rings. The van der Waals surface area contributed by atoms with Gasteiger partial charge in [-0.1, -0.05) is 27.7 Å². The van der Waals surface area contributed by atoms with Crippen LogP contribution < -0.4 is 10.2 Å². The van der Waals surface area contributed by atoms with Crippen LogP contribution in [0, 0.1) is 16.7 Å². The van der Waals surface area contributed by atoms with E-state index in [1.165, 1.54) is 0 Å². The summed E-state index contributed by atoms with van der Waals surface area (Å²) in [4.78, 5) is 6.07. The van der Waals surface area contributed by atoms with Gasteiger partial charge in [0, 0.05) is 12.1 Å². The molecular formula is C15H23N5. The Balaban J connectivity index is 2.59. The van der Waals surface area contributed by atoms with Crippen molar-refractivity contribution in [2.24, 2.45) is 5.92 Å². The van der Waals surface area contributed by atoms with Crippen molar-refractivity contribution >= 4 is 23.2 Å². The molecule has 0 unspecified atom stereocenters. The van der Waals surface area contributed by atoms with Crippen molar-refractivity contribution in [3.63, 3.8) is 0 Å². The second kappa shape index (κ2) is 5.23. The van der Waals surface area contributed by atoms with E-state index in [0.29, 0.717) is 17.5 Å². The van der Waals surface area contributed by atoms with Gasteiger partial charge in [0.25, 0.3) is 0 Å². The summed E-state index contributed by atoms with van der Waals surface area (Å²) in [7, 11) is 0. The van der Waals surface area contributed by atoms with Gasteiger partial charge < -0.3 is 5.32 Å². The molecule has 0 spiro atoms. The van der Waals surface area contributed by atoms with Crippen molar-refractivity contribution in [1.29, 1.82) is 10.8 Å². The molecule has 5 heteroatoms. The molecule has 0 fully saturated rings. The fraction of sp³-hybridized carbons (Fsp3) is 0.533. The molecule has 0 bridgehead atoms. The summed E-state index contributed by atoms with van der Waals surface area (Å²) < 4.78 is 0. The van der Waals surface area contributed by atoms with Gasteiger partial charge >= 0.3 is 0 Å². The van der Waals surface area contributed by atoms with Crippen LogP contribution in [0.15, 0.2) is 18.3 Å². The molecule has 1 aromatic heterocycles. The minimum Gasteiger partial charge on any atom is -0.370 e. The molecule has 0 saturated heterocycles. The highest BCUT2D eigenvalue weighted by molar-refractivity contribution is 6.23. The van der Waals surface area contributed by atoms with Crippen molar-refractivity contribution in [3.8, 4) is 0 Å². The number of aromatic nitrogens is 1. The van der Waals surface area contributed by atoms with Crippen LogP contribution in [0.4, 0.5) is 11.5 Å². The predicted molar refractivity (Wildman–Crippen MR) is 83.9 cm³/mol. The lowest BCUT2D eigenvalue weighted by Gasteiger charge is -2.45. The topological polar surface area (TPSA) is 75.9 Å². The molecule has 2 heterocycles. The Morgan fingerprint density at radius 3 is 2.60 bits per heavy atom. The van der Waals surface area contributed by atoms with Crippen molar-refractivity contribution in [3.05, 3.63) is 18.3 Å². The SMILES string of the molecule is CCC1(CC)Nc2cccnc2N(C(=N)C(C)C)C1=N. The Morgan fingerprint density at radius 2 is 2.05 bits per heavy atom. The van der Waals surface area contributed by atoms with Crippen LogP contribution in [0.25, 0.3) is 0 Å². The van der Waals surface area contributed by atoms with Crippen LogP contribution in [0.1, 0.15) is 40.5 Å². The number of rotatable bonds is 3. The van der Waals surface area contributed by atoms with Crippen LogP contribution in [-0.2, 0) is 0 Å². The smallest absolute Gasteiger partial charge is 0.163 e. The van der Waals surface area contributed by atoms with E-state index in [4.69, 9.17) is 10.8 Å². The van der Waals surface area contributed by atoms with E-state index in [0.717, 1.165) is 18.5 Å². The molecule has 108 valence electrons. The first-order valence-corrected chi connectivity index (χ1v) is 7.17. The molecule has 1 aromatic rings. The van der Waals surface area contributed by atoms with E-state index in [9.17, 15) is 0 Å². The van der Waals surface area contributed by atoms with Gasteiger partial charge in [0.1, 0.15) is 11.7 Å². The summed E-state index contributed by atoms with van der Waals surface area (Å²) in [6, 6.07) is 3.85.